The Morgan fingerprint density at radius 3 is 1.00 bits per heavy atom. The van der Waals surface area contributed by atoms with E-state index >= 15 is 0 Å². The minimum absolute atomic E-state index is 0.103. The molecule has 0 fully saturated rings. The molecule has 7 N–H and O–H groups in total. The summed E-state index contributed by atoms with van der Waals surface area (Å²) in [5.74, 6) is -0.198. The third-order valence-electron chi connectivity index (χ3n) is 9.42. The van der Waals surface area contributed by atoms with Crippen LogP contribution >= 0.6 is 0 Å². The number of aromatic amines is 2. The summed E-state index contributed by atoms with van der Waals surface area (Å²) in [6, 6.07) is 33.4. The van der Waals surface area contributed by atoms with Crippen LogP contribution in [0.3, 0.4) is 0 Å². The SMILES string of the molecule is Oc1cccc(-c2c3nc(c(-c4cccc(O)c4)c4ccc([nH]4)c(-c4ccc(O)c(O)c4)c4nc(c(-c5cccc(O)c5)c5ccc2[nH]5)C=C4)C=C3)c1. The number of aromatic nitrogens is 4. The third-order valence-corrected chi connectivity index (χ3v) is 9.42. The number of phenols is 5. The normalized spacial score (nSPS) is 12.0. The Morgan fingerprint density at radius 1 is 0.340 bits per heavy atom. The molecule has 0 saturated carbocycles. The summed E-state index contributed by atoms with van der Waals surface area (Å²) in [6.07, 6.45) is 7.67. The molecule has 4 aromatic carbocycles. The number of phenolic OH excluding ortho intramolecular Hbond substituents is 5. The zero-order valence-electron chi connectivity index (χ0n) is 27.9. The Morgan fingerprint density at radius 2 is 0.679 bits per heavy atom. The molecule has 0 aliphatic carbocycles. The molecule has 0 saturated heterocycles. The molecule has 53 heavy (non-hydrogen) atoms. The number of H-pyrrole nitrogens is 2. The Labute approximate surface area is 302 Å². The highest BCUT2D eigenvalue weighted by molar-refractivity contribution is 6.00. The van der Waals surface area contributed by atoms with Crippen LogP contribution in [0.5, 0.6) is 28.7 Å². The highest BCUT2D eigenvalue weighted by Crippen LogP contribution is 2.40. The molecule has 0 spiro atoms. The average Bonchev–Trinajstić information content (AvgIpc) is 3.98. The van der Waals surface area contributed by atoms with E-state index in [0.717, 1.165) is 44.4 Å². The lowest BCUT2D eigenvalue weighted by atomic mass is 10.0. The number of hydrogen-bond acceptors (Lipinski definition) is 7. The van der Waals surface area contributed by atoms with E-state index in [9.17, 15) is 25.5 Å². The van der Waals surface area contributed by atoms with Gasteiger partial charge in [-0.2, -0.15) is 0 Å². The number of aromatic hydroxyl groups is 5. The van der Waals surface area contributed by atoms with Gasteiger partial charge < -0.3 is 35.5 Å². The lowest BCUT2D eigenvalue weighted by molar-refractivity contribution is 0.404. The van der Waals surface area contributed by atoms with Crippen molar-refractivity contribution in [2.45, 2.75) is 0 Å². The molecule has 5 heterocycles. The Balaban J connectivity index is 1.49. The fourth-order valence-corrected chi connectivity index (χ4v) is 7.08. The number of rotatable bonds is 4. The van der Waals surface area contributed by atoms with E-state index in [2.05, 4.69) is 9.97 Å². The lowest BCUT2D eigenvalue weighted by Crippen LogP contribution is -1.90. The molecular formula is C44H30N4O5. The second-order valence-electron chi connectivity index (χ2n) is 12.9. The van der Waals surface area contributed by atoms with Crippen LogP contribution in [-0.4, -0.2) is 45.5 Å². The molecule has 2 aliphatic heterocycles. The molecule has 9 nitrogen and oxygen atoms in total. The van der Waals surface area contributed by atoms with Crippen LogP contribution in [0.15, 0.2) is 115 Å². The van der Waals surface area contributed by atoms with Crippen molar-refractivity contribution in [1.29, 1.82) is 0 Å². The van der Waals surface area contributed by atoms with Crippen molar-refractivity contribution in [3.05, 3.63) is 138 Å². The van der Waals surface area contributed by atoms with Gasteiger partial charge in [0.15, 0.2) is 11.5 Å². The lowest BCUT2D eigenvalue weighted by Gasteiger charge is -2.08. The number of hydrogen-bond donors (Lipinski definition) is 7. The van der Waals surface area contributed by atoms with Crippen LogP contribution in [0.4, 0.5) is 0 Å². The van der Waals surface area contributed by atoms with Gasteiger partial charge in [-0.05, 0) is 119 Å². The summed E-state index contributed by atoms with van der Waals surface area (Å²) in [7, 11) is 0. The van der Waals surface area contributed by atoms with Crippen molar-refractivity contribution < 1.29 is 25.5 Å². The molecule has 3 aromatic heterocycles. The van der Waals surface area contributed by atoms with Crippen LogP contribution in [0.2, 0.25) is 0 Å². The maximum atomic E-state index is 10.6. The van der Waals surface area contributed by atoms with Crippen LogP contribution < -0.4 is 0 Å². The highest BCUT2D eigenvalue weighted by Gasteiger charge is 2.20. The zero-order valence-corrected chi connectivity index (χ0v) is 27.9. The van der Waals surface area contributed by atoms with E-state index in [0.29, 0.717) is 44.9 Å². The van der Waals surface area contributed by atoms with E-state index < -0.39 is 0 Å². The molecule has 9 heteroatoms. The van der Waals surface area contributed by atoms with Crippen molar-refractivity contribution >= 4 is 46.4 Å². The molecule has 2 aliphatic rings. The molecule has 8 bridgehead atoms. The first-order valence-corrected chi connectivity index (χ1v) is 16.9. The van der Waals surface area contributed by atoms with Gasteiger partial charge >= 0.3 is 0 Å². The highest BCUT2D eigenvalue weighted by atomic mass is 16.3. The molecule has 0 radical (unpaired) electrons. The predicted molar refractivity (Wildman–Crippen MR) is 209 cm³/mol. The van der Waals surface area contributed by atoms with Crippen molar-refractivity contribution in [3.63, 3.8) is 0 Å². The molecule has 256 valence electrons. The summed E-state index contributed by atoms with van der Waals surface area (Å²) in [6.45, 7) is 0. The Bertz CT molecular complexity index is 2820. The van der Waals surface area contributed by atoms with Crippen LogP contribution in [0.25, 0.3) is 90.9 Å². The van der Waals surface area contributed by atoms with E-state index in [4.69, 9.17) is 9.97 Å². The van der Waals surface area contributed by atoms with E-state index in [-0.39, 0.29) is 28.7 Å². The fraction of sp³-hybridized carbons (Fsp3) is 0. The molecule has 0 unspecified atom stereocenters. The fourth-order valence-electron chi connectivity index (χ4n) is 7.08. The number of nitrogens with zero attached hydrogens (tertiary/aromatic N) is 2. The topological polar surface area (TPSA) is 159 Å². The van der Waals surface area contributed by atoms with Gasteiger partial charge in [-0.3, -0.25) is 0 Å². The van der Waals surface area contributed by atoms with Gasteiger partial charge in [0.1, 0.15) is 17.2 Å². The number of benzene rings is 4. The molecule has 7 aromatic rings. The average molecular weight is 695 g/mol. The van der Waals surface area contributed by atoms with Gasteiger partial charge in [0.25, 0.3) is 0 Å². The predicted octanol–water partition coefficient (Wildman–Crippen LogP) is 9.85. The zero-order chi connectivity index (χ0) is 36.2. The van der Waals surface area contributed by atoms with Crippen molar-refractivity contribution in [1.82, 2.24) is 19.9 Å². The first-order valence-electron chi connectivity index (χ1n) is 16.9. The molecular weight excluding hydrogens is 665 g/mol. The van der Waals surface area contributed by atoms with Gasteiger partial charge in [-0.25, -0.2) is 9.97 Å². The minimum atomic E-state index is -0.272. The van der Waals surface area contributed by atoms with Gasteiger partial charge in [-0.1, -0.05) is 42.5 Å². The Hall–Kier alpha value is -7.52. The van der Waals surface area contributed by atoms with Crippen molar-refractivity contribution in [2.75, 3.05) is 0 Å². The summed E-state index contributed by atoms with van der Waals surface area (Å²) in [5.41, 5.74) is 11.1. The van der Waals surface area contributed by atoms with Gasteiger partial charge in [-0.15, -0.1) is 0 Å². The van der Waals surface area contributed by atoms with Crippen LogP contribution in [0, 0.1) is 0 Å². The summed E-state index contributed by atoms with van der Waals surface area (Å²) in [4.78, 5) is 17.5. The van der Waals surface area contributed by atoms with E-state index in [1.807, 2.05) is 66.8 Å². The third kappa shape index (κ3) is 5.62. The summed E-state index contributed by atoms with van der Waals surface area (Å²) < 4.78 is 0. The summed E-state index contributed by atoms with van der Waals surface area (Å²) >= 11 is 0. The first-order chi connectivity index (χ1) is 25.8. The Kier molecular flexibility index (Phi) is 7.34. The van der Waals surface area contributed by atoms with Gasteiger partial charge in [0, 0.05) is 44.3 Å². The maximum Gasteiger partial charge on any atom is 0.158 e. The van der Waals surface area contributed by atoms with Gasteiger partial charge in [0.2, 0.25) is 0 Å². The van der Waals surface area contributed by atoms with Crippen LogP contribution in [-0.2, 0) is 0 Å². The minimum Gasteiger partial charge on any atom is -0.508 e. The maximum absolute atomic E-state index is 10.6. The standard InChI is InChI=1S/C44H30N4O5/c49-28-7-1-4-24(20-28)41-31-11-13-33(45-31)42(25-5-2-8-29(50)21-25)35-15-17-37(47-35)44(27-10-19-39(52)40(53)23-27)38-18-16-36(48-38)43(34-14-12-32(41)46-34)26-6-3-9-30(51)22-26/h1-23,45,48-53H. The van der Waals surface area contributed by atoms with Crippen LogP contribution in [0.1, 0.15) is 22.8 Å². The monoisotopic (exact) mass is 694 g/mol. The molecule has 0 atom stereocenters. The number of nitrogens with one attached hydrogen (secondary N) is 2. The quantitative estimate of drug-likeness (QED) is 0.0903. The second-order valence-corrected chi connectivity index (χ2v) is 12.9. The van der Waals surface area contributed by atoms with Gasteiger partial charge in [0.05, 0.1) is 22.8 Å². The summed E-state index contributed by atoms with van der Waals surface area (Å²) in [5, 5.41) is 52.5. The molecule has 0 amide bonds. The van der Waals surface area contributed by atoms with Crippen molar-refractivity contribution in [2.24, 2.45) is 0 Å². The first kappa shape index (κ1) is 31.5. The molecule has 9 rings (SSSR count). The number of fused-ring (bicyclic) bond motifs is 8. The largest absolute Gasteiger partial charge is 0.508 e. The smallest absolute Gasteiger partial charge is 0.158 e. The van der Waals surface area contributed by atoms with Crippen molar-refractivity contribution in [3.8, 4) is 73.3 Å². The van der Waals surface area contributed by atoms with E-state index in [1.165, 1.54) is 12.1 Å². The van der Waals surface area contributed by atoms with E-state index in [1.54, 1.807) is 60.7 Å². The second kappa shape index (κ2) is 12.4.